The van der Waals surface area contributed by atoms with Gasteiger partial charge in [-0.3, -0.25) is 9.59 Å². The van der Waals surface area contributed by atoms with Gasteiger partial charge in [-0.1, -0.05) is 49.2 Å². The molecule has 1 fully saturated rings. The third-order valence-corrected chi connectivity index (χ3v) is 8.00. The van der Waals surface area contributed by atoms with Crippen molar-refractivity contribution in [3.8, 4) is 11.3 Å². The van der Waals surface area contributed by atoms with E-state index in [1.165, 1.54) is 0 Å². The van der Waals surface area contributed by atoms with Crippen molar-refractivity contribution in [3.63, 3.8) is 0 Å². The minimum absolute atomic E-state index is 0.105. The predicted octanol–water partition coefficient (Wildman–Crippen LogP) is 5.84. The van der Waals surface area contributed by atoms with Crippen molar-refractivity contribution < 1.29 is 9.59 Å². The number of anilines is 1. The fourth-order valence-corrected chi connectivity index (χ4v) is 6.25. The summed E-state index contributed by atoms with van der Waals surface area (Å²) in [5.41, 5.74) is 5.78. The number of aromatic nitrogens is 1. The van der Waals surface area contributed by atoms with Crippen LogP contribution in [0.2, 0.25) is 0 Å². The Bertz CT molecular complexity index is 1380. The van der Waals surface area contributed by atoms with E-state index in [2.05, 4.69) is 28.2 Å². The Morgan fingerprint density at radius 3 is 2.60 bits per heavy atom. The molecule has 6 rings (SSSR count). The molecule has 3 heterocycles. The molecule has 0 radical (unpaired) electrons. The van der Waals surface area contributed by atoms with Crippen LogP contribution in [0.3, 0.4) is 0 Å². The minimum Gasteiger partial charge on any atom is -0.349 e. The maximum atomic E-state index is 14.1. The van der Waals surface area contributed by atoms with E-state index in [1.807, 2.05) is 53.4 Å². The van der Waals surface area contributed by atoms with Crippen molar-refractivity contribution in [1.29, 1.82) is 0 Å². The standard InChI is InChI=1S/C29H27N3O2S/c33-28(19-8-2-1-3-9-19)31-25-13-7-5-11-22(25)29(34)32-16-14-23-26(20-15-17-35-18-20)30-24-12-6-4-10-21(24)27(23)32/h1-4,6,8-10,12,15,17-18,22,25H,5,7,11,13-14,16H2,(H,31,33)/t22-,25+/m0/s1. The summed E-state index contributed by atoms with van der Waals surface area (Å²) >= 11 is 1.66. The molecule has 2 atom stereocenters. The summed E-state index contributed by atoms with van der Waals surface area (Å²) in [6, 6.07) is 19.3. The van der Waals surface area contributed by atoms with Gasteiger partial charge in [0.05, 0.1) is 22.8 Å². The second-order valence-electron chi connectivity index (χ2n) is 9.39. The molecule has 35 heavy (non-hydrogen) atoms. The third kappa shape index (κ3) is 4.02. The lowest BCUT2D eigenvalue weighted by molar-refractivity contribution is -0.123. The molecule has 0 saturated heterocycles. The fourth-order valence-electron chi connectivity index (χ4n) is 5.61. The second-order valence-corrected chi connectivity index (χ2v) is 10.2. The van der Waals surface area contributed by atoms with Gasteiger partial charge in [0.2, 0.25) is 5.91 Å². The molecular formula is C29H27N3O2S. The summed E-state index contributed by atoms with van der Waals surface area (Å²) in [6.45, 7) is 0.650. The first-order valence-corrected chi connectivity index (χ1v) is 13.3. The average Bonchev–Trinajstić information content (AvgIpc) is 3.60. The summed E-state index contributed by atoms with van der Waals surface area (Å²) in [4.78, 5) is 34.0. The highest BCUT2D eigenvalue weighted by Gasteiger charge is 2.39. The number of amides is 2. The Labute approximate surface area is 208 Å². The largest absolute Gasteiger partial charge is 0.349 e. The van der Waals surface area contributed by atoms with Gasteiger partial charge in [-0.15, -0.1) is 0 Å². The smallest absolute Gasteiger partial charge is 0.251 e. The Morgan fingerprint density at radius 1 is 0.971 bits per heavy atom. The van der Waals surface area contributed by atoms with E-state index in [-0.39, 0.29) is 23.8 Å². The number of para-hydroxylation sites is 1. The zero-order valence-electron chi connectivity index (χ0n) is 19.4. The van der Waals surface area contributed by atoms with Crippen LogP contribution < -0.4 is 10.2 Å². The van der Waals surface area contributed by atoms with E-state index < -0.39 is 0 Å². The SMILES string of the molecule is O=C(N[C@@H]1CCCC[C@@H]1C(=O)N1CCc2c(-c3ccsc3)nc3ccccc3c21)c1ccccc1. The molecule has 6 heteroatoms. The maximum absolute atomic E-state index is 14.1. The van der Waals surface area contributed by atoms with Gasteiger partial charge in [-0.05, 0) is 48.9 Å². The average molecular weight is 482 g/mol. The van der Waals surface area contributed by atoms with Crippen LogP contribution >= 0.6 is 11.3 Å². The van der Waals surface area contributed by atoms with Crippen molar-refractivity contribution in [1.82, 2.24) is 10.3 Å². The van der Waals surface area contributed by atoms with E-state index in [9.17, 15) is 9.59 Å². The molecule has 1 aliphatic carbocycles. The summed E-state index contributed by atoms with van der Waals surface area (Å²) < 4.78 is 0. The molecule has 1 N–H and O–H groups in total. The van der Waals surface area contributed by atoms with Gasteiger partial charge in [-0.25, -0.2) is 4.98 Å². The Hall–Kier alpha value is -3.51. The van der Waals surface area contributed by atoms with E-state index >= 15 is 0 Å². The number of hydrogen-bond donors (Lipinski definition) is 1. The van der Waals surface area contributed by atoms with E-state index in [0.717, 1.165) is 65.5 Å². The molecule has 2 amide bonds. The summed E-state index contributed by atoms with van der Waals surface area (Å²) in [7, 11) is 0. The van der Waals surface area contributed by atoms with Crippen LogP contribution in [0, 0.1) is 5.92 Å². The van der Waals surface area contributed by atoms with Gasteiger partial charge in [0.15, 0.2) is 0 Å². The van der Waals surface area contributed by atoms with Crippen molar-refractivity contribution in [2.24, 2.45) is 5.92 Å². The van der Waals surface area contributed by atoms with Crippen molar-refractivity contribution >= 4 is 39.7 Å². The monoisotopic (exact) mass is 481 g/mol. The summed E-state index contributed by atoms with van der Waals surface area (Å²) in [5, 5.41) is 8.40. The lowest BCUT2D eigenvalue weighted by Crippen LogP contribution is -2.49. The molecule has 1 aliphatic heterocycles. The normalized spacial score (nSPS) is 19.5. The highest BCUT2D eigenvalue weighted by Crippen LogP contribution is 2.42. The lowest BCUT2D eigenvalue weighted by atomic mass is 9.83. The third-order valence-electron chi connectivity index (χ3n) is 7.31. The minimum atomic E-state index is -0.223. The number of hydrogen-bond acceptors (Lipinski definition) is 4. The fraction of sp³-hybridized carbons (Fsp3) is 0.276. The van der Waals surface area contributed by atoms with Crippen LogP contribution in [-0.4, -0.2) is 29.4 Å². The number of rotatable bonds is 4. The highest BCUT2D eigenvalue weighted by atomic mass is 32.1. The van der Waals surface area contributed by atoms with Gasteiger partial charge in [-0.2, -0.15) is 11.3 Å². The van der Waals surface area contributed by atoms with E-state index in [0.29, 0.717) is 12.1 Å². The van der Waals surface area contributed by atoms with Crippen molar-refractivity contribution in [2.75, 3.05) is 11.4 Å². The number of nitrogens with zero attached hydrogens (tertiary/aromatic N) is 2. The van der Waals surface area contributed by atoms with Gasteiger partial charge in [0, 0.05) is 40.0 Å². The topological polar surface area (TPSA) is 62.3 Å². The van der Waals surface area contributed by atoms with Crippen LogP contribution in [0.15, 0.2) is 71.4 Å². The molecule has 2 aliphatic rings. The van der Waals surface area contributed by atoms with Gasteiger partial charge in [0.25, 0.3) is 5.91 Å². The van der Waals surface area contributed by atoms with Gasteiger partial charge >= 0.3 is 0 Å². The Kier molecular flexibility index (Phi) is 5.82. The molecule has 4 aromatic rings. The number of pyridine rings is 1. The summed E-state index contributed by atoms with van der Waals surface area (Å²) in [5.74, 6) is -0.208. The van der Waals surface area contributed by atoms with Gasteiger partial charge in [0.1, 0.15) is 0 Å². The van der Waals surface area contributed by atoms with Crippen LogP contribution in [0.4, 0.5) is 5.69 Å². The zero-order chi connectivity index (χ0) is 23.8. The molecular weight excluding hydrogens is 454 g/mol. The molecule has 5 nitrogen and oxygen atoms in total. The molecule has 2 aromatic heterocycles. The highest BCUT2D eigenvalue weighted by molar-refractivity contribution is 7.08. The van der Waals surface area contributed by atoms with Crippen LogP contribution in [0.25, 0.3) is 22.2 Å². The zero-order valence-corrected chi connectivity index (χ0v) is 20.3. The number of thiophene rings is 1. The number of nitrogens with one attached hydrogen (secondary N) is 1. The first-order valence-electron chi connectivity index (χ1n) is 12.3. The molecule has 0 bridgehead atoms. The Morgan fingerprint density at radius 2 is 1.77 bits per heavy atom. The lowest BCUT2D eigenvalue weighted by Gasteiger charge is -2.34. The van der Waals surface area contributed by atoms with Crippen molar-refractivity contribution in [2.45, 2.75) is 38.1 Å². The van der Waals surface area contributed by atoms with Gasteiger partial charge < -0.3 is 10.2 Å². The van der Waals surface area contributed by atoms with E-state index in [1.54, 1.807) is 11.3 Å². The van der Waals surface area contributed by atoms with Crippen LogP contribution in [0.1, 0.15) is 41.6 Å². The molecule has 0 spiro atoms. The molecule has 176 valence electrons. The molecule has 0 unspecified atom stereocenters. The maximum Gasteiger partial charge on any atom is 0.251 e. The molecule has 2 aromatic carbocycles. The second kappa shape index (κ2) is 9.27. The van der Waals surface area contributed by atoms with E-state index in [4.69, 9.17) is 4.98 Å². The Balaban J connectivity index is 1.35. The molecule has 1 saturated carbocycles. The van der Waals surface area contributed by atoms with Crippen molar-refractivity contribution in [3.05, 3.63) is 82.6 Å². The quantitative estimate of drug-likeness (QED) is 0.398. The van der Waals surface area contributed by atoms with Crippen LogP contribution in [0.5, 0.6) is 0 Å². The number of fused-ring (bicyclic) bond motifs is 3. The first-order chi connectivity index (χ1) is 17.2. The first kappa shape index (κ1) is 22.0. The van der Waals surface area contributed by atoms with Crippen LogP contribution in [-0.2, 0) is 11.2 Å². The number of carbonyl (C=O) groups is 2. The summed E-state index contributed by atoms with van der Waals surface area (Å²) in [6.07, 6.45) is 4.44. The number of carbonyl (C=O) groups excluding carboxylic acids is 2. The number of benzene rings is 2. The predicted molar refractivity (Wildman–Crippen MR) is 141 cm³/mol.